The van der Waals surface area contributed by atoms with Crippen LogP contribution in [0.5, 0.6) is 0 Å². The van der Waals surface area contributed by atoms with Crippen molar-refractivity contribution in [1.29, 1.82) is 0 Å². The monoisotopic (exact) mass is 854 g/mol. The van der Waals surface area contributed by atoms with Crippen molar-refractivity contribution < 1.29 is 35.9 Å². The van der Waals surface area contributed by atoms with Gasteiger partial charge in [-0.05, 0) is 123 Å². The third-order valence-corrected chi connectivity index (χ3v) is 8.85. The van der Waals surface area contributed by atoms with Crippen LogP contribution in [0.4, 0.5) is 37.7 Å². The molecule has 4 rings (SSSR count). The minimum absolute atomic E-state index is 0.0721. The molecule has 224 valence electrons. The smallest absolute Gasteiger partial charge is 0.320 e. The van der Waals surface area contributed by atoms with E-state index in [2.05, 4.69) is 74.4 Å². The molecule has 0 radical (unpaired) electrons. The number of halogens is 10. The molecule has 4 aromatic rings. The Kier molecular flexibility index (Phi) is 9.84. The highest BCUT2D eigenvalue weighted by Gasteiger charge is 2.72. The number of carbonyl (C=O) groups excluding carboxylic acids is 2. The Bertz CT molecular complexity index is 1510. The van der Waals surface area contributed by atoms with Crippen LogP contribution in [0.15, 0.2) is 103 Å². The first-order valence-electron chi connectivity index (χ1n) is 11.9. The molecule has 0 fully saturated rings. The Labute approximate surface area is 274 Å². The van der Waals surface area contributed by atoms with Crippen LogP contribution in [-0.4, -0.2) is 24.2 Å². The fraction of sp³-hybridized carbons (Fsp3) is 0.103. The molecule has 0 aliphatic heterocycles. The van der Waals surface area contributed by atoms with Gasteiger partial charge in [0.15, 0.2) is 0 Å². The summed E-state index contributed by atoms with van der Waals surface area (Å²) in [6.45, 7) is 0. The number of benzene rings is 4. The topological polar surface area (TPSA) is 58.2 Å². The van der Waals surface area contributed by atoms with Crippen LogP contribution in [0.3, 0.4) is 0 Å². The van der Waals surface area contributed by atoms with Gasteiger partial charge in [0, 0.05) is 29.0 Å². The first-order valence-corrected chi connectivity index (χ1v) is 15.1. The summed E-state index contributed by atoms with van der Waals surface area (Å²) in [6.07, 6.45) is -11.8. The number of hydrogen-bond acceptors (Lipinski definition) is 2. The van der Waals surface area contributed by atoms with Crippen molar-refractivity contribution in [3.05, 3.63) is 125 Å². The van der Waals surface area contributed by atoms with Crippen molar-refractivity contribution in [2.24, 2.45) is 0 Å². The third-order valence-electron chi connectivity index (χ3n) is 6.35. The van der Waals surface area contributed by atoms with Crippen LogP contribution in [0, 0.1) is 0 Å². The van der Waals surface area contributed by atoms with E-state index in [1.165, 1.54) is 24.3 Å². The lowest BCUT2D eigenvalue weighted by atomic mass is 9.72. The molecule has 4 aromatic carbocycles. The second-order valence-corrected chi connectivity index (χ2v) is 12.4. The van der Waals surface area contributed by atoms with E-state index < -0.39 is 40.7 Å². The van der Waals surface area contributed by atoms with Crippen LogP contribution >= 0.6 is 63.7 Å². The van der Waals surface area contributed by atoms with E-state index in [4.69, 9.17) is 0 Å². The summed E-state index contributed by atoms with van der Waals surface area (Å²) < 4.78 is 88.5. The van der Waals surface area contributed by atoms with Crippen molar-refractivity contribution >= 4 is 86.9 Å². The van der Waals surface area contributed by atoms with E-state index in [1.54, 1.807) is 36.4 Å². The van der Waals surface area contributed by atoms with Gasteiger partial charge in [-0.2, -0.15) is 26.3 Å². The molecule has 0 heterocycles. The SMILES string of the molecule is O=C(Nc1c(Br)cc(C(c2cc(Br)c(NC(=O)c3ccccc3)c(Br)c2)(C(F)(F)F)C(F)(F)F)cc1Br)c1ccccc1. The molecule has 0 aliphatic rings. The van der Waals surface area contributed by atoms with Gasteiger partial charge in [-0.1, -0.05) is 36.4 Å². The van der Waals surface area contributed by atoms with Crippen LogP contribution in [0.25, 0.3) is 0 Å². The molecule has 43 heavy (non-hydrogen) atoms. The number of carbonyl (C=O) groups is 2. The predicted octanol–water partition coefficient (Wildman–Crippen LogP) is 10.7. The Morgan fingerprint density at radius 2 is 0.791 bits per heavy atom. The van der Waals surface area contributed by atoms with Crippen molar-refractivity contribution in [3.8, 4) is 0 Å². The molecule has 0 aromatic heterocycles. The van der Waals surface area contributed by atoms with Gasteiger partial charge in [0.2, 0.25) is 5.41 Å². The molecule has 0 unspecified atom stereocenters. The van der Waals surface area contributed by atoms with Gasteiger partial charge in [0.1, 0.15) is 0 Å². The zero-order chi connectivity index (χ0) is 31.7. The fourth-order valence-corrected chi connectivity index (χ4v) is 7.12. The lowest BCUT2D eigenvalue weighted by molar-refractivity contribution is -0.288. The first kappa shape index (κ1) is 33.2. The second-order valence-electron chi connectivity index (χ2n) is 9.02. The van der Waals surface area contributed by atoms with Gasteiger partial charge in [0.05, 0.1) is 11.4 Å². The molecule has 14 heteroatoms. The molecule has 0 saturated carbocycles. The highest BCUT2D eigenvalue weighted by atomic mass is 79.9. The Morgan fingerprint density at radius 1 is 0.512 bits per heavy atom. The molecule has 0 atom stereocenters. The number of amides is 2. The summed E-state index contributed by atoms with van der Waals surface area (Å²) in [7, 11) is 0. The minimum Gasteiger partial charge on any atom is -0.320 e. The zero-order valence-electron chi connectivity index (χ0n) is 21.2. The highest BCUT2D eigenvalue weighted by molar-refractivity contribution is 9.11. The number of hydrogen-bond donors (Lipinski definition) is 2. The Hall–Kier alpha value is -2.68. The van der Waals surface area contributed by atoms with Crippen molar-refractivity contribution in [2.75, 3.05) is 10.6 Å². The maximum absolute atomic E-state index is 14.9. The van der Waals surface area contributed by atoms with Gasteiger partial charge >= 0.3 is 12.4 Å². The van der Waals surface area contributed by atoms with Crippen molar-refractivity contribution in [3.63, 3.8) is 0 Å². The van der Waals surface area contributed by atoms with Crippen LogP contribution in [0.1, 0.15) is 31.8 Å². The maximum atomic E-state index is 14.9. The third kappa shape index (κ3) is 6.57. The zero-order valence-corrected chi connectivity index (χ0v) is 27.5. The van der Waals surface area contributed by atoms with E-state index in [0.29, 0.717) is 24.3 Å². The van der Waals surface area contributed by atoms with Gasteiger partial charge in [-0.15, -0.1) is 0 Å². The Balaban J connectivity index is 1.85. The lowest BCUT2D eigenvalue weighted by Crippen LogP contribution is -2.54. The predicted molar refractivity (Wildman–Crippen MR) is 165 cm³/mol. The first-order chi connectivity index (χ1) is 20.1. The molecular weight excluding hydrogens is 842 g/mol. The molecule has 0 saturated heterocycles. The molecule has 2 amide bonds. The summed E-state index contributed by atoms with van der Waals surface area (Å²) in [4.78, 5) is 25.3. The molecule has 0 bridgehead atoms. The molecule has 4 nitrogen and oxygen atoms in total. The van der Waals surface area contributed by atoms with Crippen molar-refractivity contribution in [1.82, 2.24) is 0 Å². The lowest BCUT2D eigenvalue weighted by Gasteiger charge is -2.39. The van der Waals surface area contributed by atoms with Crippen molar-refractivity contribution in [2.45, 2.75) is 17.8 Å². The molecule has 2 N–H and O–H groups in total. The highest BCUT2D eigenvalue weighted by Crippen LogP contribution is 2.58. The average Bonchev–Trinajstić information content (AvgIpc) is 2.92. The van der Waals surface area contributed by atoms with E-state index in [0.717, 1.165) is 0 Å². The quantitative estimate of drug-likeness (QED) is 0.190. The van der Waals surface area contributed by atoms with Gasteiger partial charge in [0.25, 0.3) is 11.8 Å². The molecule has 0 aliphatic carbocycles. The van der Waals surface area contributed by atoms with Crippen LogP contribution < -0.4 is 10.6 Å². The average molecular weight is 858 g/mol. The minimum atomic E-state index is -5.90. The normalized spacial score (nSPS) is 12.1. The van der Waals surface area contributed by atoms with Crippen LogP contribution in [0.2, 0.25) is 0 Å². The maximum Gasteiger partial charge on any atom is 0.411 e. The van der Waals surface area contributed by atoms with E-state index in [9.17, 15) is 35.9 Å². The van der Waals surface area contributed by atoms with E-state index >= 15 is 0 Å². The largest absolute Gasteiger partial charge is 0.411 e. The summed E-state index contributed by atoms with van der Waals surface area (Å²) in [6, 6.07) is 18.4. The number of anilines is 2. The van der Waals surface area contributed by atoms with Crippen LogP contribution in [-0.2, 0) is 5.41 Å². The fourth-order valence-electron chi connectivity index (χ4n) is 4.35. The molecular formula is C29H16Br4F6N2O2. The van der Waals surface area contributed by atoms with Gasteiger partial charge < -0.3 is 10.6 Å². The van der Waals surface area contributed by atoms with Gasteiger partial charge in [-0.3, -0.25) is 9.59 Å². The summed E-state index contributed by atoms with van der Waals surface area (Å²) >= 11 is 12.2. The van der Waals surface area contributed by atoms with Gasteiger partial charge in [-0.25, -0.2) is 0 Å². The summed E-state index contributed by atoms with van der Waals surface area (Å²) in [5, 5.41) is 5.00. The van der Waals surface area contributed by atoms with E-state index in [1.807, 2.05) is 0 Å². The van der Waals surface area contributed by atoms with E-state index in [-0.39, 0.29) is 40.4 Å². The standard InChI is InChI=1S/C29H16Br4F6N2O2/c30-19-11-17(12-20(31)23(19)40-25(42)15-7-3-1-4-8-15)27(28(34,35)36,29(37,38)39)18-13-21(32)24(22(33)14-18)41-26(43)16-9-5-2-6-10-16/h1-14H,(H,40,42)(H,41,43). The molecule has 0 spiro atoms. The Morgan fingerprint density at radius 3 is 1.05 bits per heavy atom. The number of alkyl halides is 6. The number of rotatable bonds is 6. The summed E-state index contributed by atoms with van der Waals surface area (Å²) in [5.74, 6) is -1.26. The number of nitrogens with one attached hydrogen (secondary N) is 2. The second kappa shape index (κ2) is 12.7. The summed E-state index contributed by atoms with van der Waals surface area (Å²) in [5.41, 5.74) is -6.58.